The molecule has 1 aliphatic rings. The molecule has 1 saturated heterocycles. The van der Waals surface area contributed by atoms with Crippen molar-refractivity contribution in [2.75, 3.05) is 32.8 Å². The lowest BCUT2D eigenvalue weighted by Crippen LogP contribution is -2.48. The predicted octanol–water partition coefficient (Wildman–Crippen LogP) is 2.61. The molecular weight excluding hydrogens is 377 g/mol. The zero-order chi connectivity index (χ0) is 20.6. The monoisotopic (exact) mass is 402 g/mol. The first-order valence-electron chi connectivity index (χ1n) is 9.08. The zero-order valence-corrected chi connectivity index (χ0v) is 15.7. The summed E-state index contributed by atoms with van der Waals surface area (Å²) in [5.74, 6) is -0.0367. The van der Waals surface area contributed by atoms with Gasteiger partial charge >= 0.3 is 12.3 Å². The third-order valence-corrected chi connectivity index (χ3v) is 4.20. The van der Waals surface area contributed by atoms with Crippen LogP contribution in [0.15, 0.2) is 29.3 Å². The molecular formula is C18H25F3N4O3. The van der Waals surface area contributed by atoms with Crippen LogP contribution in [0.5, 0.6) is 5.75 Å². The van der Waals surface area contributed by atoms with Gasteiger partial charge in [0.2, 0.25) is 0 Å². The van der Waals surface area contributed by atoms with Crippen molar-refractivity contribution in [1.29, 1.82) is 0 Å². The number of aliphatic imine (C=N–C) groups is 1. The van der Waals surface area contributed by atoms with Gasteiger partial charge in [-0.25, -0.2) is 9.79 Å². The fourth-order valence-corrected chi connectivity index (χ4v) is 2.82. The zero-order valence-electron chi connectivity index (χ0n) is 15.7. The van der Waals surface area contributed by atoms with Crippen molar-refractivity contribution in [2.24, 2.45) is 10.7 Å². The molecule has 156 valence electrons. The van der Waals surface area contributed by atoms with E-state index in [1.807, 2.05) is 0 Å². The van der Waals surface area contributed by atoms with Crippen LogP contribution in [0.3, 0.4) is 0 Å². The number of carbonyl (C=O) groups is 1. The van der Waals surface area contributed by atoms with E-state index in [0.29, 0.717) is 32.5 Å². The lowest BCUT2D eigenvalue weighted by molar-refractivity contribution is -0.138. The highest BCUT2D eigenvalue weighted by Crippen LogP contribution is 2.35. The number of likely N-dealkylation sites (tertiary alicyclic amines) is 1. The molecule has 0 saturated carbocycles. The Morgan fingerprint density at radius 2 is 2.00 bits per heavy atom. The van der Waals surface area contributed by atoms with Crippen LogP contribution in [0, 0.1) is 0 Å². The van der Waals surface area contributed by atoms with E-state index in [-0.39, 0.29) is 37.0 Å². The second-order valence-electron chi connectivity index (χ2n) is 6.21. The number of halogens is 3. The number of nitrogens with zero attached hydrogens (tertiary/aromatic N) is 2. The normalized spacial score (nSPS) is 16.0. The second kappa shape index (κ2) is 10.0. The first-order valence-corrected chi connectivity index (χ1v) is 9.08. The summed E-state index contributed by atoms with van der Waals surface area (Å²) in [5, 5.41) is 3.06. The van der Waals surface area contributed by atoms with Crippen LogP contribution >= 0.6 is 0 Å². The maximum atomic E-state index is 12.9. The van der Waals surface area contributed by atoms with Crippen LogP contribution in [0.25, 0.3) is 0 Å². The highest BCUT2D eigenvalue weighted by Gasteiger charge is 2.33. The number of carbonyl (C=O) groups excluding carboxylic acids is 1. The third-order valence-electron chi connectivity index (χ3n) is 4.20. The van der Waals surface area contributed by atoms with E-state index in [2.05, 4.69) is 10.3 Å². The molecule has 0 aliphatic carbocycles. The van der Waals surface area contributed by atoms with Crippen molar-refractivity contribution in [3.63, 3.8) is 0 Å². The number of benzene rings is 1. The van der Waals surface area contributed by atoms with E-state index in [4.69, 9.17) is 15.2 Å². The van der Waals surface area contributed by atoms with Gasteiger partial charge < -0.3 is 25.4 Å². The summed E-state index contributed by atoms with van der Waals surface area (Å²) in [6.45, 7) is 3.30. The van der Waals surface area contributed by atoms with Crippen molar-refractivity contribution in [2.45, 2.75) is 32.0 Å². The summed E-state index contributed by atoms with van der Waals surface area (Å²) in [6.07, 6.45) is -3.40. The Balaban J connectivity index is 1.74. The molecule has 1 aliphatic heterocycles. The number of para-hydroxylation sites is 1. The summed E-state index contributed by atoms with van der Waals surface area (Å²) in [5.41, 5.74) is 5.00. The summed E-state index contributed by atoms with van der Waals surface area (Å²) in [4.78, 5) is 17.4. The van der Waals surface area contributed by atoms with E-state index < -0.39 is 11.7 Å². The van der Waals surface area contributed by atoms with E-state index in [1.165, 1.54) is 18.2 Å². The predicted molar refractivity (Wildman–Crippen MR) is 98.2 cm³/mol. The molecule has 0 radical (unpaired) electrons. The first kappa shape index (κ1) is 21.6. The number of nitrogens with one attached hydrogen (secondary N) is 1. The quantitative estimate of drug-likeness (QED) is 0.434. The molecule has 2 rings (SSSR count). The van der Waals surface area contributed by atoms with Gasteiger partial charge in [0.1, 0.15) is 12.4 Å². The maximum Gasteiger partial charge on any atom is 0.419 e. The van der Waals surface area contributed by atoms with Crippen molar-refractivity contribution in [3.05, 3.63) is 29.8 Å². The highest BCUT2D eigenvalue weighted by atomic mass is 19.4. The van der Waals surface area contributed by atoms with E-state index in [0.717, 1.165) is 6.07 Å². The van der Waals surface area contributed by atoms with Crippen molar-refractivity contribution in [3.8, 4) is 5.75 Å². The number of alkyl halides is 3. The Labute approximate surface area is 161 Å². The van der Waals surface area contributed by atoms with Gasteiger partial charge in [-0.3, -0.25) is 0 Å². The molecule has 0 unspecified atom stereocenters. The Morgan fingerprint density at radius 1 is 1.32 bits per heavy atom. The fraction of sp³-hybridized carbons (Fsp3) is 0.556. The maximum absolute atomic E-state index is 12.9. The summed E-state index contributed by atoms with van der Waals surface area (Å²) in [7, 11) is 0. The Morgan fingerprint density at radius 3 is 2.64 bits per heavy atom. The number of amides is 1. The van der Waals surface area contributed by atoms with Crippen LogP contribution in [0.1, 0.15) is 25.3 Å². The Hall–Kier alpha value is -2.65. The molecule has 1 heterocycles. The highest BCUT2D eigenvalue weighted by molar-refractivity contribution is 5.78. The summed E-state index contributed by atoms with van der Waals surface area (Å²) >= 11 is 0. The van der Waals surface area contributed by atoms with Gasteiger partial charge in [0.25, 0.3) is 0 Å². The molecule has 10 heteroatoms. The minimum atomic E-state index is -4.47. The van der Waals surface area contributed by atoms with E-state index in [9.17, 15) is 18.0 Å². The average Bonchev–Trinajstić information content (AvgIpc) is 2.65. The van der Waals surface area contributed by atoms with Crippen LogP contribution in [-0.4, -0.2) is 55.8 Å². The molecule has 1 fully saturated rings. The van der Waals surface area contributed by atoms with Gasteiger partial charge in [0.05, 0.1) is 18.7 Å². The van der Waals surface area contributed by atoms with E-state index >= 15 is 0 Å². The number of guanidine groups is 1. The van der Waals surface area contributed by atoms with Crippen molar-refractivity contribution < 1.29 is 27.4 Å². The first-order chi connectivity index (χ1) is 13.3. The average molecular weight is 402 g/mol. The third kappa shape index (κ3) is 6.50. The lowest BCUT2D eigenvalue weighted by atomic mass is 10.1. The topological polar surface area (TPSA) is 89.2 Å². The minimum Gasteiger partial charge on any atom is -0.491 e. The Bertz CT molecular complexity index is 674. The molecule has 0 aromatic heterocycles. The van der Waals surface area contributed by atoms with Crippen molar-refractivity contribution in [1.82, 2.24) is 10.2 Å². The molecule has 1 amide bonds. The van der Waals surface area contributed by atoms with Gasteiger partial charge in [-0.05, 0) is 31.9 Å². The largest absolute Gasteiger partial charge is 0.491 e. The molecule has 0 atom stereocenters. The number of nitrogens with two attached hydrogens (primary N) is 1. The van der Waals surface area contributed by atoms with Gasteiger partial charge in [-0.2, -0.15) is 13.2 Å². The van der Waals surface area contributed by atoms with Crippen LogP contribution in [0.2, 0.25) is 0 Å². The Kier molecular flexibility index (Phi) is 7.77. The fourth-order valence-electron chi connectivity index (χ4n) is 2.82. The van der Waals surface area contributed by atoms with E-state index in [1.54, 1.807) is 11.8 Å². The number of hydrogen-bond donors (Lipinski definition) is 2. The van der Waals surface area contributed by atoms with Gasteiger partial charge in [-0.15, -0.1) is 0 Å². The van der Waals surface area contributed by atoms with Crippen LogP contribution in [-0.2, 0) is 10.9 Å². The molecule has 7 nitrogen and oxygen atoms in total. The number of ether oxygens (including phenoxy) is 2. The minimum absolute atomic E-state index is 0.0310. The standard InChI is InChI=1S/C18H25F3N4O3/c1-2-27-17(26)25-10-7-13(8-11-25)24-16(22)23-9-12-28-15-6-4-3-5-14(15)18(19,20)21/h3-6,13H,2,7-12H2,1H3,(H3,22,23,24). The van der Waals surface area contributed by atoms with Crippen LogP contribution in [0.4, 0.5) is 18.0 Å². The van der Waals surface area contributed by atoms with Crippen LogP contribution < -0.4 is 15.8 Å². The molecule has 3 N–H and O–H groups in total. The molecule has 0 bridgehead atoms. The summed E-state index contributed by atoms with van der Waals surface area (Å²) in [6, 6.07) is 5.10. The van der Waals surface area contributed by atoms with Gasteiger partial charge in [0, 0.05) is 19.1 Å². The smallest absolute Gasteiger partial charge is 0.419 e. The number of piperidine rings is 1. The summed E-state index contributed by atoms with van der Waals surface area (Å²) < 4.78 is 48.9. The molecule has 0 spiro atoms. The molecule has 1 aromatic rings. The molecule has 1 aromatic carbocycles. The lowest BCUT2D eigenvalue weighted by Gasteiger charge is -2.31. The van der Waals surface area contributed by atoms with Crippen molar-refractivity contribution >= 4 is 12.1 Å². The molecule has 28 heavy (non-hydrogen) atoms. The number of hydrogen-bond acceptors (Lipinski definition) is 4. The van der Waals surface area contributed by atoms with Gasteiger partial charge in [-0.1, -0.05) is 12.1 Å². The SMILES string of the molecule is CCOC(=O)N1CCC(NC(N)=NCCOc2ccccc2C(F)(F)F)CC1. The van der Waals surface area contributed by atoms with Gasteiger partial charge in [0.15, 0.2) is 5.96 Å². The second-order valence-corrected chi connectivity index (χ2v) is 6.21. The number of rotatable bonds is 6.